The fourth-order valence-corrected chi connectivity index (χ4v) is 5.02. The van der Waals surface area contributed by atoms with Crippen LogP contribution in [-0.2, 0) is 12.8 Å². The van der Waals surface area contributed by atoms with Gasteiger partial charge in [-0.15, -0.1) is 0 Å². The second-order valence-corrected chi connectivity index (χ2v) is 8.73. The fourth-order valence-electron chi connectivity index (χ4n) is 5.02. The van der Waals surface area contributed by atoms with Crippen molar-refractivity contribution < 1.29 is 17.6 Å². The zero-order valence-electron chi connectivity index (χ0n) is 18.1. The normalized spacial score (nSPS) is 17.7. The maximum atomic E-state index is 15.1. The lowest BCUT2D eigenvalue weighted by Gasteiger charge is -2.22. The maximum absolute atomic E-state index is 15.1. The van der Waals surface area contributed by atoms with Gasteiger partial charge in [-0.1, -0.05) is 37.6 Å². The van der Waals surface area contributed by atoms with Crippen LogP contribution in [0.15, 0.2) is 30.4 Å². The van der Waals surface area contributed by atoms with E-state index in [-0.39, 0.29) is 16.7 Å². The third-order valence-corrected chi connectivity index (χ3v) is 6.65. The minimum atomic E-state index is -1.07. The zero-order chi connectivity index (χ0) is 22.1. The molecule has 0 heterocycles. The van der Waals surface area contributed by atoms with Crippen molar-refractivity contribution in [3.63, 3.8) is 0 Å². The molecule has 0 aliphatic heterocycles. The van der Waals surface area contributed by atoms with Gasteiger partial charge in [-0.05, 0) is 86.1 Å². The molecule has 4 heteroatoms. The molecule has 4 rings (SSSR count). The van der Waals surface area contributed by atoms with Gasteiger partial charge in [-0.25, -0.2) is 17.6 Å². The average Bonchev–Trinajstić information content (AvgIpc) is 3.14. The van der Waals surface area contributed by atoms with E-state index in [4.69, 9.17) is 0 Å². The summed E-state index contributed by atoms with van der Waals surface area (Å²) in [5, 5.41) is 0. The van der Waals surface area contributed by atoms with Gasteiger partial charge in [0, 0.05) is 16.7 Å². The topological polar surface area (TPSA) is 0 Å². The average molecular weight is 429 g/mol. The van der Waals surface area contributed by atoms with Gasteiger partial charge in [-0.2, -0.15) is 0 Å². The molecule has 0 spiro atoms. The molecule has 2 aromatic rings. The van der Waals surface area contributed by atoms with E-state index >= 15 is 8.78 Å². The first kappa shape index (κ1) is 21.9. The van der Waals surface area contributed by atoms with Crippen LogP contribution in [0.2, 0.25) is 0 Å². The van der Waals surface area contributed by atoms with Gasteiger partial charge in [0.2, 0.25) is 0 Å². The first-order valence-corrected chi connectivity index (χ1v) is 11.3. The van der Waals surface area contributed by atoms with Crippen molar-refractivity contribution in [1.29, 1.82) is 0 Å². The van der Waals surface area contributed by atoms with E-state index in [0.717, 1.165) is 31.3 Å². The van der Waals surface area contributed by atoms with Crippen LogP contribution in [-0.4, -0.2) is 0 Å². The Hall–Kier alpha value is -2.36. The fraction of sp³-hybridized carbons (Fsp3) is 0.407. The molecular weight excluding hydrogens is 400 g/mol. The van der Waals surface area contributed by atoms with Crippen LogP contribution in [0.3, 0.4) is 0 Å². The summed E-state index contributed by atoms with van der Waals surface area (Å²) in [6, 6.07) is 3.26. The Kier molecular flexibility index (Phi) is 6.36. The van der Waals surface area contributed by atoms with Gasteiger partial charge in [-0.3, -0.25) is 0 Å². The molecule has 0 saturated carbocycles. The molecule has 0 bridgehead atoms. The van der Waals surface area contributed by atoms with E-state index in [1.807, 2.05) is 26.0 Å². The Morgan fingerprint density at radius 2 is 1.68 bits per heavy atom. The minimum Gasteiger partial charge on any atom is -0.203 e. The third kappa shape index (κ3) is 3.97. The lowest BCUT2D eigenvalue weighted by atomic mass is 9.83. The van der Waals surface area contributed by atoms with Gasteiger partial charge in [0.25, 0.3) is 0 Å². The molecule has 2 aliphatic rings. The molecule has 0 radical (unpaired) electrons. The van der Waals surface area contributed by atoms with Crippen LogP contribution in [0.25, 0.3) is 16.7 Å². The van der Waals surface area contributed by atoms with Crippen molar-refractivity contribution in [3.05, 3.63) is 75.9 Å². The summed E-state index contributed by atoms with van der Waals surface area (Å²) in [6.07, 6.45) is 12.2. The van der Waals surface area contributed by atoms with Crippen LogP contribution in [0.1, 0.15) is 74.6 Å². The molecule has 0 aromatic heterocycles. The predicted molar refractivity (Wildman–Crippen MR) is 118 cm³/mol. The molecule has 31 heavy (non-hydrogen) atoms. The lowest BCUT2D eigenvalue weighted by Crippen LogP contribution is -2.07. The van der Waals surface area contributed by atoms with E-state index in [1.165, 1.54) is 0 Å². The summed E-state index contributed by atoms with van der Waals surface area (Å²) in [6.45, 7) is 3.90. The highest BCUT2D eigenvalue weighted by Gasteiger charge is 2.32. The molecular formula is C27H28F4. The highest BCUT2D eigenvalue weighted by Crippen LogP contribution is 2.45. The van der Waals surface area contributed by atoms with Gasteiger partial charge >= 0.3 is 0 Å². The Balaban J connectivity index is 1.68. The number of fused-ring (bicyclic) bond motifs is 3. The summed E-state index contributed by atoms with van der Waals surface area (Å²) in [5.41, 5.74) is 2.22. The van der Waals surface area contributed by atoms with E-state index < -0.39 is 23.3 Å². The molecule has 1 atom stereocenters. The van der Waals surface area contributed by atoms with Crippen molar-refractivity contribution in [3.8, 4) is 11.1 Å². The monoisotopic (exact) mass is 428 g/mol. The predicted octanol–water partition coefficient (Wildman–Crippen LogP) is 8.31. The Bertz CT molecular complexity index is 1060. The van der Waals surface area contributed by atoms with E-state index in [2.05, 4.69) is 6.08 Å². The van der Waals surface area contributed by atoms with E-state index in [9.17, 15) is 8.78 Å². The van der Waals surface area contributed by atoms with Crippen molar-refractivity contribution in [1.82, 2.24) is 0 Å². The van der Waals surface area contributed by atoms with Gasteiger partial charge in [0.15, 0.2) is 23.3 Å². The molecule has 0 N–H and O–H groups in total. The van der Waals surface area contributed by atoms with Gasteiger partial charge in [0.05, 0.1) is 0 Å². The molecule has 2 aliphatic carbocycles. The Morgan fingerprint density at radius 3 is 2.32 bits per heavy atom. The number of allylic oxidation sites excluding steroid dienone is 4. The Labute approximate surface area is 181 Å². The van der Waals surface area contributed by atoms with Crippen molar-refractivity contribution in [2.45, 2.75) is 65.2 Å². The Morgan fingerprint density at radius 1 is 0.968 bits per heavy atom. The van der Waals surface area contributed by atoms with Crippen LogP contribution >= 0.6 is 0 Å². The molecule has 0 saturated heterocycles. The van der Waals surface area contributed by atoms with Crippen LogP contribution < -0.4 is 0 Å². The van der Waals surface area contributed by atoms with Gasteiger partial charge < -0.3 is 0 Å². The van der Waals surface area contributed by atoms with Crippen LogP contribution in [0, 0.1) is 29.2 Å². The molecule has 0 fully saturated rings. The molecule has 2 aromatic carbocycles. The third-order valence-electron chi connectivity index (χ3n) is 6.65. The quantitative estimate of drug-likeness (QED) is 0.274. The second kappa shape index (κ2) is 9.02. The number of hydrogen-bond donors (Lipinski definition) is 0. The molecule has 164 valence electrons. The highest BCUT2D eigenvalue weighted by molar-refractivity contribution is 5.81. The summed E-state index contributed by atoms with van der Waals surface area (Å²) in [4.78, 5) is 0. The minimum absolute atomic E-state index is 0.114. The molecule has 0 nitrogen and oxygen atoms in total. The first-order chi connectivity index (χ1) is 15.0. The summed E-state index contributed by atoms with van der Waals surface area (Å²) < 4.78 is 59.5. The van der Waals surface area contributed by atoms with E-state index in [1.54, 1.807) is 12.1 Å². The largest absolute Gasteiger partial charge is 0.203 e. The zero-order valence-corrected chi connectivity index (χ0v) is 18.1. The van der Waals surface area contributed by atoms with Crippen molar-refractivity contribution in [2.75, 3.05) is 0 Å². The van der Waals surface area contributed by atoms with E-state index in [0.29, 0.717) is 48.3 Å². The highest BCUT2D eigenvalue weighted by atomic mass is 19.2. The van der Waals surface area contributed by atoms with Crippen LogP contribution in [0.4, 0.5) is 17.6 Å². The number of hydrogen-bond acceptors (Lipinski definition) is 0. The lowest BCUT2D eigenvalue weighted by molar-refractivity contribution is 0.452. The molecule has 1 unspecified atom stereocenters. The maximum Gasteiger partial charge on any atom is 0.167 e. The van der Waals surface area contributed by atoms with Crippen molar-refractivity contribution >= 4 is 5.57 Å². The SMILES string of the molecule is C/C=C/CCC1CC=C(c2cc3c(c(F)c2F)-c2c(cc(CCC)c(F)c2F)C3)CC1. The number of halogens is 4. The smallest absolute Gasteiger partial charge is 0.167 e. The summed E-state index contributed by atoms with van der Waals surface area (Å²) >= 11 is 0. The van der Waals surface area contributed by atoms with Crippen molar-refractivity contribution in [2.24, 2.45) is 5.92 Å². The second-order valence-electron chi connectivity index (χ2n) is 8.73. The molecule has 0 amide bonds. The standard InChI is InChI=1S/C27H28F4/c1-3-5-6-8-16-9-11-17(12-10-16)21-15-20-14-19-13-18(7-4-2)24(28)26(30)22(19)23(20)27(31)25(21)29/h3,5,11,13,15-16H,4,6-10,12,14H2,1-2H3/b5-3+. The number of benzene rings is 2. The van der Waals surface area contributed by atoms with Crippen LogP contribution in [0.5, 0.6) is 0 Å². The number of rotatable bonds is 6. The summed E-state index contributed by atoms with van der Waals surface area (Å²) in [7, 11) is 0. The number of aryl methyl sites for hydroxylation is 1. The summed E-state index contributed by atoms with van der Waals surface area (Å²) in [5.74, 6) is -3.48. The first-order valence-electron chi connectivity index (χ1n) is 11.3. The van der Waals surface area contributed by atoms with Gasteiger partial charge in [0.1, 0.15) is 0 Å².